The van der Waals surface area contributed by atoms with E-state index in [0.29, 0.717) is 12.0 Å². The van der Waals surface area contributed by atoms with Crippen LogP contribution in [0.3, 0.4) is 0 Å². The number of hydrogen-bond donors (Lipinski definition) is 0. The lowest BCUT2D eigenvalue weighted by molar-refractivity contribution is -0.132. The Morgan fingerprint density at radius 1 is 1.08 bits per heavy atom. The quantitative estimate of drug-likeness (QED) is 0.847. The second-order valence-electron chi connectivity index (χ2n) is 7.19. The molecule has 2 aliphatic heterocycles. The number of aromatic nitrogens is 2. The summed E-state index contributed by atoms with van der Waals surface area (Å²) in [6.07, 6.45) is 7.95. The molecule has 2 aliphatic rings. The summed E-state index contributed by atoms with van der Waals surface area (Å²) in [5, 5.41) is 8.17. The Hall–Kier alpha value is -1.43. The minimum atomic E-state index is 0.252. The maximum atomic E-state index is 12.0. The van der Waals surface area contributed by atoms with Crippen LogP contribution in [-0.2, 0) is 17.8 Å². The molecule has 24 heavy (non-hydrogen) atoms. The Bertz CT molecular complexity index is 537. The molecule has 6 nitrogen and oxygen atoms in total. The Morgan fingerprint density at radius 3 is 2.50 bits per heavy atom. The highest BCUT2D eigenvalue weighted by Crippen LogP contribution is 2.30. The summed E-state index contributed by atoms with van der Waals surface area (Å²) in [5.74, 6) is 2.33. The molecule has 2 saturated heterocycles. The standard InChI is InChI=1S/C18H30N4O2/c1-3-17-19-20-18(24-17)13-21-11-8-15(9-12-21)16-7-5-4-6-10-22(16)14(2)23/h15-16H,3-13H2,1-2H3/t16-/m0/s1. The van der Waals surface area contributed by atoms with E-state index >= 15 is 0 Å². The van der Waals surface area contributed by atoms with Crippen LogP contribution in [0.25, 0.3) is 0 Å². The number of hydrogen-bond acceptors (Lipinski definition) is 5. The average Bonchev–Trinajstić information content (AvgIpc) is 2.89. The van der Waals surface area contributed by atoms with Gasteiger partial charge in [0.05, 0.1) is 6.54 Å². The van der Waals surface area contributed by atoms with Gasteiger partial charge in [-0.25, -0.2) is 0 Å². The van der Waals surface area contributed by atoms with Gasteiger partial charge in [0, 0.05) is 25.9 Å². The van der Waals surface area contributed by atoms with Crippen molar-refractivity contribution in [1.29, 1.82) is 0 Å². The molecule has 3 rings (SSSR count). The third-order valence-corrected chi connectivity index (χ3v) is 5.55. The first kappa shape index (κ1) is 17.4. The number of piperidine rings is 1. The monoisotopic (exact) mass is 334 g/mol. The van der Waals surface area contributed by atoms with Gasteiger partial charge in [0.25, 0.3) is 0 Å². The molecule has 0 bridgehead atoms. The third kappa shape index (κ3) is 4.15. The van der Waals surface area contributed by atoms with E-state index in [1.807, 2.05) is 6.92 Å². The van der Waals surface area contributed by atoms with Gasteiger partial charge in [-0.15, -0.1) is 10.2 Å². The highest BCUT2D eigenvalue weighted by atomic mass is 16.4. The van der Waals surface area contributed by atoms with Gasteiger partial charge in [-0.3, -0.25) is 9.69 Å². The largest absolute Gasteiger partial charge is 0.424 e. The second kappa shape index (κ2) is 8.10. The van der Waals surface area contributed by atoms with Crippen LogP contribution in [0.4, 0.5) is 0 Å². The van der Waals surface area contributed by atoms with Crippen molar-refractivity contribution in [2.75, 3.05) is 19.6 Å². The number of aryl methyl sites for hydroxylation is 1. The summed E-state index contributed by atoms with van der Waals surface area (Å²) in [6.45, 7) is 7.56. The zero-order valence-corrected chi connectivity index (χ0v) is 15.0. The van der Waals surface area contributed by atoms with E-state index in [9.17, 15) is 4.79 Å². The fourth-order valence-electron chi connectivity index (χ4n) is 4.20. The number of likely N-dealkylation sites (tertiary alicyclic amines) is 2. The minimum Gasteiger partial charge on any atom is -0.424 e. The molecule has 0 aliphatic carbocycles. The molecule has 1 atom stereocenters. The van der Waals surface area contributed by atoms with Crippen molar-refractivity contribution in [2.45, 2.75) is 71.4 Å². The molecule has 0 N–H and O–H groups in total. The number of carbonyl (C=O) groups is 1. The van der Waals surface area contributed by atoms with E-state index in [0.717, 1.165) is 63.6 Å². The maximum Gasteiger partial charge on any atom is 0.230 e. The topological polar surface area (TPSA) is 62.5 Å². The Kier molecular flexibility index (Phi) is 5.87. The molecule has 2 fully saturated rings. The fraction of sp³-hybridized carbons (Fsp3) is 0.833. The van der Waals surface area contributed by atoms with Crippen molar-refractivity contribution in [2.24, 2.45) is 5.92 Å². The number of amides is 1. The molecule has 0 unspecified atom stereocenters. The second-order valence-corrected chi connectivity index (χ2v) is 7.19. The van der Waals surface area contributed by atoms with Crippen molar-refractivity contribution in [3.8, 4) is 0 Å². The van der Waals surface area contributed by atoms with Crippen LogP contribution in [0.15, 0.2) is 4.42 Å². The van der Waals surface area contributed by atoms with Crippen molar-refractivity contribution in [1.82, 2.24) is 20.0 Å². The fourth-order valence-corrected chi connectivity index (χ4v) is 4.20. The zero-order valence-electron chi connectivity index (χ0n) is 15.0. The average molecular weight is 334 g/mol. The van der Waals surface area contributed by atoms with Gasteiger partial charge in [0.15, 0.2) is 0 Å². The van der Waals surface area contributed by atoms with Crippen LogP contribution in [0, 0.1) is 5.92 Å². The van der Waals surface area contributed by atoms with E-state index in [-0.39, 0.29) is 5.91 Å². The van der Waals surface area contributed by atoms with Crippen molar-refractivity contribution in [3.05, 3.63) is 11.8 Å². The van der Waals surface area contributed by atoms with Gasteiger partial charge >= 0.3 is 0 Å². The summed E-state index contributed by atoms with van der Waals surface area (Å²) in [6, 6.07) is 0.447. The molecule has 3 heterocycles. The van der Waals surface area contributed by atoms with E-state index in [4.69, 9.17) is 4.42 Å². The molecular formula is C18H30N4O2. The summed E-state index contributed by atoms with van der Waals surface area (Å²) >= 11 is 0. The molecule has 0 aromatic carbocycles. The van der Waals surface area contributed by atoms with E-state index < -0.39 is 0 Å². The number of carbonyl (C=O) groups excluding carboxylic acids is 1. The predicted octanol–water partition coefficient (Wildman–Crippen LogP) is 2.64. The van der Waals surface area contributed by atoms with Gasteiger partial charge in [-0.2, -0.15) is 0 Å². The summed E-state index contributed by atoms with van der Waals surface area (Å²) in [4.78, 5) is 16.6. The first-order valence-electron chi connectivity index (χ1n) is 9.48. The first-order valence-corrected chi connectivity index (χ1v) is 9.48. The predicted molar refractivity (Wildman–Crippen MR) is 91.3 cm³/mol. The summed E-state index contributed by atoms with van der Waals surface area (Å²) < 4.78 is 5.63. The van der Waals surface area contributed by atoms with Crippen LogP contribution < -0.4 is 0 Å². The Labute approximate surface area is 144 Å². The molecule has 1 aromatic rings. The first-order chi connectivity index (χ1) is 11.7. The summed E-state index contributed by atoms with van der Waals surface area (Å²) in [7, 11) is 0. The highest BCUT2D eigenvalue weighted by molar-refractivity contribution is 5.73. The Balaban J connectivity index is 1.54. The normalized spacial score (nSPS) is 24.1. The van der Waals surface area contributed by atoms with Gasteiger partial charge < -0.3 is 9.32 Å². The summed E-state index contributed by atoms with van der Waals surface area (Å²) in [5.41, 5.74) is 0. The maximum absolute atomic E-state index is 12.0. The molecule has 6 heteroatoms. The van der Waals surface area contributed by atoms with Gasteiger partial charge in [0.1, 0.15) is 0 Å². The lowest BCUT2D eigenvalue weighted by Gasteiger charge is -2.40. The van der Waals surface area contributed by atoms with E-state index in [1.54, 1.807) is 6.92 Å². The van der Waals surface area contributed by atoms with Gasteiger partial charge in [0.2, 0.25) is 17.7 Å². The van der Waals surface area contributed by atoms with Crippen LogP contribution in [0.2, 0.25) is 0 Å². The van der Waals surface area contributed by atoms with E-state index in [1.165, 1.54) is 19.3 Å². The SMILES string of the molecule is CCc1nnc(CN2CCC([C@@H]3CCCCCN3C(C)=O)CC2)o1. The third-order valence-electron chi connectivity index (χ3n) is 5.55. The van der Waals surface area contributed by atoms with Gasteiger partial charge in [-0.05, 0) is 44.7 Å². The lowest BCUT2D eigenvalue weighted by atomic mass is 9.86. The van der Waals surface area contributed by atoms with Crippen molar-refractivity contribution in [3.63, 3.8) is 0 Å². The molecule has 0 radical (unpaired) electrons. The van der Waals surface area contributed by atoms with Crippen LogP contribution in [-0.4, -0.2) is 51.6 Å². The molecular weight excluding hydrogens is 304 g/mol. The molecule has 0 saturated carbocycles. The Morgan fingerprint density at radius 2 is 1.83 bits per heavy atom. The lowest BCUT2D eigenvalue weighted by Crippen LogP contribution is -2.47. The minimum absolute atomic E-state index is 0.252. The smallest absolute Gasteiger partial charge is 0.230 e. The molecule has 1 amide bonds. The van der Waals surface area contributed by atoms with Crippen molar-refractivity contribution >= 4 is 5.91 Å². The van der Waals surface area contributed by atoms with Crippen LogP contribution in [0.1, 0.15) is 64.2 Å². The van der Waals surface area contributed by atoms with Crippen LogP contribution >= 0.6 is 0 Å². The number of rotatable bonds is 4. The highest BCUT2D eigenvalue weighted by Gasteiger charge is 2.32. The molecule has 0 spiro atoms. The van der Waals surface area contributed by atoms with Crippen molar-refractivity contribution < 1.29 is 9.21 Å². The van der Waals surface area contributed by atoms with Crippen LogP contribution in [0.5, 0.6) is 0 Å². The molecule has 134 valence electrons. The van der Waals surface area contributed by atoms with E-state index in [2.05, 4.69) is 20.0 Å². The zero-order chi connectivity index (χ0) is 16.9. The van der Waals surface area contributed by atoms with Gasteiger partial charge in [-0.1, -0.05) is 19.8 Å². The number of nitrogens with zero attached hydrogens (tertiary/aromatic N) is 4. The molecule has 1 aromatic heterocycles.